The lowest BCUT2D eigenvalue weighted by Crippen LogP contribution is -2.47. The maximum Gasteiger partial charge on any atom is 0.483 e. The van der Waals surface area contributed by atoms with Crippen molar-refractivity contribution >= 4 is 33.4 Å². The van der Waals surface area contributed by atoms with E-state index in [-0.39, 0.29) is 10.8 Å². The van der Waals surface area contributed by atoms with Crippen LogP contribution in [0.15, 0.2) is 22.7 Å². The summed E-state index contributed by atoms with van der Waals surface area (Å²) in [6, 6.07) is 4.09. The first kappa shape index (κ1) is 13.1. The highest BCUT2D eigenvalue weighted by atomic mass is 79.9. The van der Waals surface area contributed by atoms with Crippen LogP contribution in [0, 0.1) is 0 Å². The van der Waals surface area contributed by atoms with Gasteiger partial charge in [0.15, 0.2) is 0 Å². The van der Waals surface area contributed by atoms with Crippen LogP contribution in [0.3, 0.4) is 0 Å². The minimum absolute atomic E-state index is 0.0484. The normalized spacial score (nSPS) is 11.1. The fourth-order valence-electron chi connectivity index (χ4n) is 0.824. The number of hydrogen-bond donors (Lipinski definition) is 2. The molecule has 0 heterocycles. The molecule has 0 aliphatic carbocycles. The number of amides is 1. The molecule has 3 N–H and O–H groups in total. The number of nitrogens with two attached hydrogens (primary N) is 1. The molecule has 0 atom stereocenters. The smallest absolute Gasteiger partial charge is 0.424 e. The van der Waals surface area contributed by atoms with Crippen LogP contribution in [0.1, 0.15) is 0 Å². The van der Waals surface area contributed by atoms with Crippen molar-refractivity contribution in [3.63, 3.8) is 0 Å². The van der Waals surface area contributed by atoms with Gasteiger partial charge in [-0.3, -0.25) is 10.2 Å². The van der Waals surface area contributed by atoms with Crippen molar-refractivity contribution in [3.05, 3.63) is 27.7 Å². The summed E-state index contributed by atoms with van der Waals surface area (Å²) >= 11 is 8.66. The largest absolute Gasteiger partial charge is 0.483 e. The summed E-state index contributed by atoms with van der Waals surface area (Å²) in [6.45, 7) is 0. The summed E-state index contributed by atoms with van der Waals surface area (Å²) < 4.78 is 30.7. The molecule has 0 bridgehead atoms. The van der Waals surface area contributed by atoms with Crippen molar-refractivity contribution in [2.45, 2.75) is 6.11 Å². The summed E-state index contributed by atoms with van der Waals surface area (Å²) in [6.07, 6.45) is -4.08. The van der Waals surface area contributed by atoms with Crippen LogP contribution < -0.4 is 16.0 Å². The molecule has 1 rings (SSSR count). The van der Waals surface area contributed by atoms with E-state index in [4.69, 9.17) is 11.6 Å². The molecule has 0 aliphatic heterocycles. The molecule has 0 aromatic heterocycles. The Morgan fingerprint density at radius 1 is 1.56 bits per heavy atom. The quantitative estimate of drug-likeness (QED) is 0.510. The van der Waals surface area contributed by atoms with Gasteiger partial charge in [0.25, 0.3) is 0 Å². The first-order chi connectivity index (χ1) is 7.36. The number of ether oxygens (including phenoxy) is 1. The zero-order valence-corrected chi connectivity index (χ0v) is 9.98. The van der Waals surface area contributed by atoms with Crippen LogP contribution in [0.4, 0.5) is 8.78 Å². The molecule has 1 amide bonds. The average molecular weight is 316 g/mol. The van der Waals surface area contributed by atoms with Crippen LogP contribution in [0.2, 0.25) is 5.02 Å². The molecule has 0 spiro atoms. The van der Waals surface area contributed by atoms with E-state index in [0.29, 0.717) is 4.47 Å². The third-order valence-electron chi connectivity index (χ3n) is 1.53. The summed E-state index contributed by atoms with van der Waals surface area (Å²) in [5.41, 5.74) is 1.29. The summed E-state index contributed by atoms with van der Waals surface area (Å²) in [4.78, 5) is 10.7. The highest BCUT2D eigenvalue weighted by Gasteiger charge is 2.42. The fourth-order valence-corrected chi connectivity index (χ4v) is 1.32. The van der Waals surface area contributed by atoms with Crippen molar-refractivity contribution in [1.29, 1.82) is 0 Å². The van der Waals surface area contributed by atoms with E-state index in [9.17, 15) is 13.6 Å². The van der Waals surface area contributed by atoms with Crippen molar-refractivity contribution in [2.24, 2.45) is 5.84 Å². The highest BCUT2D eigenvalue weighted by molar-refractivity contribution is 9.10. The number of hydrogen-bond acceptors (Lipinski definition) is 3. The lowest BCUT2D eigenvalue weighted by molar-refractivity contribution is -0.192. The Morgan fingerprint density at radius 2 is 2.19 bits per heavy atom. The molecule has 8 heteroatoms. The van der Waals surface area contributed by atoms with E-state index in [2.05, 4.69) is 26.5 Å². The molecule has 1 aromatic carbocycles. The Hall–Kier alpha value is -0.920. The number of hydrazine groups is 1. The second-order valence-electron chi connectivity index (χ2n) is 2.67. The number of carbonyl (C=O) groups excluding carboxylic acids is 1. The monoisotopic (exact) mass is 314 g/mol. The molecule has 88 valence electrons. The van der Waals surface area contributed by atoms with E-state index in [0.717, 1.165) is 0 Å². The predicted octanol–water partition coefficient (Wildman–Crippen LogP) is 2.06. The number of carbonyl (C=O) groups is 1. The Kier molecular flexibility index (Phi) is 4.06. The third kappa shape index (κ3) is 3.03. The van der Waals surface area contributed by atoms with Gasteiger partial charge < -0.3 is 4.74 Å². The van der Waals surface area contributed by atoms with Gasteiger partial charge in [-0.15, -0.1) is 0 Å². The van der Waals surface area contributed by atoms with Gasteiger partial charge in [-0.05, 0) is 18.2 Å². The van der Waals surface area contributed by atoms with Crippen molar-refractivity contribution in [3.8, 4) is 5.75 Å². The number of halogens is 4. The molecule has 1 aromatic rings. The Bertz CT molecular complexity index is 417. The van der Waals surface area contributed by atoms with E-state index in [1.54, 1.807) is 0 Å². The summed E-state index contributed by atoms with van der Waals surface area (Å²) in [5, 5.41) is -0.0484. The highest BCUT2D eigenvalue weighted by Crippen LogP contribution is 2.31. The van der Waals surface area contributed by atoms with Gasteiger partial charge in [0, 0.05) is 4.47 Å². The Labute approximate surface area is 103 Å². The number of benzene rings is 1. The molecule has 0 radical (unpaired) electrons. The first-order valence-electron chi connectivity index (χ1n) is 3.90. The lowest BCUT2D eigenvalue weighted by atomic mass is 10.3. The van der Waals surface area contributed by atoms with Gasteiger partial charge in [-0.25, -0.2) is 5.84 Å². The molecular weight excluding hydrogens is 309 g/mol. The second kappa shape index (κ2) is 4.94. The predicted molar refractivity (Wildman–Crippen MR) is 57.1 cm³/mol. The maximum absolute atomic E-state index is 13.0. The zero-order valence-electron chi connectivity index (χ0n) is 7.64. The molecule has 4 nitrogen and oxygen atoms in total. The molecule has 0 unspecified atom stereocenters. The summed E-state index contributed by atoms with van der Waals surface area (Å²) in [5.74, 6) is 2.49. The van der Waals surface area contributed by atoms with Crippen LogP contribution in [0.25, 0.3) is 0 Å². The van der Waals surface area contributed by atoms with Crippen LogP contribution in [0.5, 0.6) is 5.75 Å². The van der Waals surface area contributed by atoms with E-state index in [1.165, 1.54) is 23.6 Å². The van der Waals surface area contributed by atoms with E-state index >= 15 is 0 Å². The van der Waals surface area contributed by atoms with Gasteiger partial charge in [0.2, 0.25) is 0 Å². The number of alkyl halides is 2. The van der Waals surface area contributed by atoms with Gasteiger partial charge in [-0.1, -0.05) is 27.5 Å². The second-order valence-corrected chi connectivity index (χ2v) is 3.99. The number of rotatable bonds is 3. The van der Waals surface area contributed by atoms with Crippen LogP contribution >= 0.6 is 27.5 Å². The standard InChI is InChI=1S/C8H6BrClF2N2O2/c9-4-1-2-5(10)6(3-4)16-8(11,12)7(15)14-13/h1-3H,13H2,(H,14,15). The SMILES string of the molecule is NNC(=O)C(F)(F)Oc1cc(Br)ccc1Cl. The van der Waals surface area contributed by atoms with Gasteiger partial charge in [-0.2, -0.15) is 8.78 Å². The maximum atomic E-state index is 13.0. The fraction of sp³-hybridized carbons (Fsp3) is 0.125. The van der Waals surface area contributed by atoms with Gasteiger partial charge in [0.1, 0.15) is 5.75 Å². The van der Waals surface area contributed by atoms with Crippen molar-refractivity contribution < 1.29 is 18.3 Å². The molecule has 0 saturated carbocycles. The Morgan fingerprint density at radius 3 is 2.75 bits per heavy atom. The van der Waals surface area contributed by atoms with Gasteiger partial charge >= 0.3 is 12.0 Å². The summed E-state index contributed by atoms with van der Waals surface area (Å²) in [7, 11) is 0. The Balaban J connectivity index is 2.95. The molecular formula is C8H6BrClF2N2O2. The molecule has 0 fully saturated rings. The van der Waals surface area contributed by atoms with Crippen LogP contribution in [-0.4, -0.2) is 12.0 Å². The van der Waals surface area contributed by atoms with Crippen molar-refractivity contribution in [1.82, 2.24) is 5.43 Å². The lowest BCUT2D eigenvalue weighted by Gasteiger charge is -2.16. The molecule has 0 aliphatic rings. The zero-order chi connectivity index (χ0) is 12.3. The number of nitrogens with one attached hydrogen (secondary N) is 1. The third-order valence-corrected chi connectivity index (χ3v) is 2.33. The molecule has 0 saturated heterocycles. The average Bonchev–Trinajstić information content (AvgIpc) is 2.22. The topological polar surface area (TPSA) is 64.3 Å². The van der Waals surface area contributed by atoms with Gasteiger partial charge in [0.05, 0.1) is 5.02 Å². The van der Waals surface area contributed by atoms with Crippen molar-refractivity contribution in [2.75, 3.05) is 0 Å². The minimum atomic E-state index is -4.08. The molecule has 16 heavy (non-hydrogen) atoms. The van der Waals surface area contributed by atoms with E-state index < -0.39 is 12.0 Å². The van der Waals surface area contributed by atoms with E-state index in [1.807, 2.05) is 0 Å². The van der Waals surface area contributed by atoms with Crippen LogP contribution in [-0.2, 0) is 4.79 Å². The minimum Gasteiger partial charge on any atom is -0.424 e. The first-order valence-corrected chi connectivity index (χ1v) is 5.07.